The van der Waals surface area contributed by atoms with E-state index < -0.39 is 0 Å². The molecule has 0 fully saturated rings. The molecule has 164 valence electrons. The van der Waals surface area contributed by atoms with E-state index in [1.165, 1.54) is 23.5 Å². The molecule has 32 heavy (non-hydrogen) atoms. The Morgan fingerprint density at radius 1 is 1.09 bits per heavy atom. The van der Waals surface area contributed by atoms with Gasteiger partial charge in [0.05, 0.1) is 37.7 Å². The van der Waals surface area contributed by atoms with Crippen LogP contribution in [0.15, 0.2) is 53.9 Å². The van der Waals surface area contributed by atoms with Crippen molar-refractivity contribution in [3.8, 4) is 27.8 Å². The van der Waals surface area contributed by atoms with Crippen LogP contribution in [0.4, 0.5) is 10.2 Å². The number of benzene rings is 2. The minimum atomic E-state index is -0.336. The minimum Gasteiger partial charge on any atom is -0.493 e. The Morgan fingerprint density at radius 2 is 1.84 bits per heavy atom. The van der Waals surface area contributed by atoms with Gasteiger partial charge in [0.1, 0.15) is 16.6 Å². The van der Waals surface area contributed by atoms with Crippen LogP contribution in [0.5, 0.6) is 11.5 Å². The van der Waals surface area contributed by atoms with Crippen LogP contribution in [0.3, 0.4) is 0 Å². The van der Waals surface area contributed by atoms with Crippen molar-refractivity contribution in [2.75, 3.05) is 19.5 Å². The lowest BCUT2D eigenvalue weighted by Gasteiger charge is -2.09. The van der Waals surface area contributed by atoms with Crippen molar-refractivity contribution in [3.63, 3.8) is 0 Å². The molecule has 4 rings (SSSR count). The number of carbonyl (C=O) groups excluding carboxylic acids is 1. The van der Waals surface area contributed by atoms with Gasteiger partial charge in [0.25, 0.3) is 0 Å². The van der Waals surface area contributed by atoms with Gasteiger partial charge in [-0.3, -0.25) is 4.79 Å². The zero-order valence-electron chi connectivity index (χ0n) is 17.8. The Morgan fingerprint density at radius 3 is 2.56 bits per heavy atom. The molecule has 2 aromatic heterocycles. The van der Waals surface area contributed by atoms with Crippen LogP contribution in [-0.4, -0.2) is 34.9 Å². The van der Waals surface area contributed by atoms with Crippen molar-refractivity contribution in [3.05, 3.63) is 71.1 Å². The summed E-state index contributed by atoms with van der Waals surface area (Å²) in [6, 6.07) is 13.2. The Bertz CT molecular complexity index is 1250. The fourth-order valence-electron chi connectivity index (χ4n) is 3.21. The number of hydrogen-bond donors (Lipinski definition) is 1. The molecule has 0 aliphatic rings. The molecule has 0 saturated heterocycles. The van der Waals surface area contributed by atoms with Crippen molar-refractivity contribution >= 4 is 23.1 Å². The SMILES string of the molecule is COc1ccc(-c2nc(CC(=O)Nc3cc(C)nn3-c3ccc(F)cc3)cs2)cc1OC. The first-order valence-corrected chi connectivity index (χ1v) is 10.6. The zero-order chi connectivity index (χ0) is 22.7. The Labute approximate surface area is 188 Å². The molecule has 0 aliphatic heterocycles. The number of anilines is 1. The lowest BCUT2D eigenvalue weighted by Crippen LogP contribution is -2.17. The first-order valence-electron chi connectivity index (χ1n) is 9.76. The van der Waals surface area contributed by atoms with Gasteiger partial charge in [0.2, 0.25) is 5.91 Å². The Hall–Kier alpha value is -3.72. The van der Waals surface area contributed by atoms with Crippen molar-refractivity contribution < 1.29 is 18.7 Å². The molecule has 9 heteroatoms. The van der Waals surface area contributed by atoms with Gasteiger partial charge in [-0.2, -0.15) is 5.10 Å². The van der Waals surface area contributed by atoms with E-state index >= 15 is 0 Å². The van der Waals surface area contributed by atoms with Crippen LogP contribution in [0.1, 0.15) is 11.4 Å². The topological polar surface area (TPSA) is 78.3 Å². The molecule has 1 amide bonds. The van der Waals surface area contributed by atoms with Crippen molar-refractivity contribution in [2.45, 2.75) is 13.3 Å². The largest absolute Gasteiger partial charge is 0.493 e. The summed E-state index contributed by atoms with van der Waals surface area (Å²) in [5.74, 6) is 1.20. The quantitative estimate of drug-likeness (QED) is 0.442. The molecule has 7 nitrogen and oxygen atoms in total. The van der Waals surface area contributed by atoms with Crippen molar-refractivity contribution in [1.29, 1.82) is 0 Å². The second kappa shape index (κ2) is 9.19. The number of halogens is 1. The first kappa shape index (κ1) is 21.5. The number of rotatable bonds is 7. The number of methoxy groups -OCH3 is 2. The maximum atomic E-state index is 13.2. The molecule has 0 aliphatic carbocycles. The van der Waals surface area contributed by atoms with Gasteiger partial charge in [0.15, 0.2) is 11.5 Å². The van der Waals surface area contributed by atoms with Crippen LogP contribution in [0.25, 0.3) is 16.3 Å². The van der Waals surface area contributed by atoms with Gasteiger partial charge in [-0.25, -0.2) is 14.1 Å². The predicted molar refractivity (Wildman–Crippen MR) is 121 cm³/mol. The summed E-state index contributed by atoms with van der Waals surface area (Å²) in [6.45, 7) is 1.82. The molecular weight excluding hydrogens is 431 g/mol. The fourth-order valence-corrected chi connectivity index (χ4v) is 4.03. The molecule has 0 atom stereocenters. The number of aromatic nitrogens is 3. The highest BCUT2D eigenvalue weighted by Gasteiger charge is 2.14. The highest BCUT2D eigenvalue weighted by Crippen LogP contribution is 2.33. The molecule has 1 N–H and O–H groups in total. The lowest BCUT2D eigenvalue weighted by molar-refractivity contribution is -0.115. The summed E-state index contributed by atoms with van der Waals surface area (Å²) >= 11 is 1.45. The summed E-state index contributed by atoms with van der Waals surface area (Å²) in [4.78, 5) is 17.3. The van der Waals surface area contributed by atoms with E-state index in [1.54, 1.807) is 37.1 Å². The number of carbonyl (C=O) groups is 1. The second-order valence-electron chi connectivity index (χ2n) is 7.00. The number of nitrogens with one attached hydrogen (secondary N) is 1. The molecule has 4 aromatic rings. The predicted octanol–water partition coefficient (Wildman–Crippen LogP) is 4.64. The van der Waals surface area contributed by atoms with Crippen LogP contribution in [-0.2, 0) is 11.2 Å². The molecule has 0 radical (unpaired) electrons. The van der Waals surface area contributed by atoms with Gasteiger partial charge < -0.3 is 14.8 Å². The molecule has 0 spiro atoms. The van der Waals surface area contributed by atoms with E-state index in [4.69, 9.17) is 9.47 Å². The normalized spacial score (nSPS) is 10.8. The van der Waals surface area contributed by atoms with E-state index in [2.05, 4.69) is 15.4 Å². The highest BCUT2D eigenvalue weighted by atomic mass is 32.1. The number of ether oxygens (including phenoxy) is 2. The molecular formula is C23H21FN4O3S. The van der Waals surface area contributed by atoms with Gasteiger partial charge in [-0.1, -0.05) is 0 Å². The van der Waals surface area contributed by atoms with Crippen LogP contribution in [0, 0.1) is 12.7 Å². The van der Waals surface area contributed by atoms with Crippen LogP contribution < -0.4 is 14.8 Å². The molecule has 2 aromatic carbocycles. The molecule has 2 heterocycles. The maximum Gasteiger partial charge on any atom is 0.231 e. The summed E-state index contributed by atoms with van der Waals surface area (Å²) in [7, 11) is 3.17. The minimum absolute atomic E-state index is 0.109. The monoisotopic (exact) mass is 452 g/mol. The zero-order valence-corrected chi connectivity index (χ0v) is 18.6. The highest BCUT2D eigenvalue weighted by molar-refractivity contribution is 7.13. The second-order valence-corrected chi connectivity index (χ2v) is 7.86. The third-order valence-electron chi connectivity index (χ3n) is 4.69. The van der Waals surface area contributed by atoms with E-state index in [0.717, 1.165) is 16.3 Å². The number of amides is 1. The van der Waals surface area contributed by atoms with E-state index in [1.807, 2.05) is 30.5 Å². The molecule has 0 saturated carbocycles. The van der Waals surface area contributed by atoms with Crippen LogP contribution >= 0.6 is 11.3 Å². The summed E-state index contributed by atoms with van der Waals surface area (Å²) in [6.07, 6.45) is 0.109. The average molecular weight is 453 g/mol. The third-order valence-corrected chi connectivity index (χ3v) is 5.63. The number of aryl methyl sites for hydroxylation is 1. The molecule has 0 bridgehead atoms. The summed E-state index contributed by atoms with van der Waals surface area (Å²) in [5, 5.41) is 9.89. The van der Waals surface area contributed by atoms with Gasteiger partial charge in [0, 0.05) is 17.0 Å². The number of nitrogens with zero attached hydrogens (tertiary/aromatic N) is 3. The average Bonchev–Trinajstić information content (AvgIpc) is 3.40. The van der Waals surface area contributed by atoms with E-state index in [9.17, 15) is 9.18 Å². The van der Waals surface area contributed by atoms with Crippen molar-refractivity contribution in [2.24, 2.45) is 0 Å². The number of thiazole rings is 1. The van der Waals surface area contributed by atoms with Gasteiger partial charge >= 0.3 is 0 Å². The Balaban J connectivity index is 1.48. The fraction of sp³-hybridized carbons (Fsp3) is 0.174. The van der Waals surface area contributed by atoms with Crippen LogP contribution in [0.2, 0.25) is 0 Å². The lowest BCUT2D eigenvalue weighted by atomic mass is 10.2. The summed E-state index contributed by atoms with van der Waals surface area (Å²) in [5.41, 5.74) is 2.92. The van der Waals surface area contributed by atoms with E-state index in [0.29, 0.717) is 28.7 Å². The smallest absolute Gasteiger partial charge is 0.231 e. The van der Waals surface area contributed by atoms with E-state index in [-0.39, 0.29) is 18.1 Å². The number of hydrogen-bond acceptors (Lipinski definition) is 6. The van der Waals surface area contributed by atoms with Gasteiger partial charge in [-0.05, 0) is 49.4 Å². The first-order chi connectivity index (χ1) is 15.5. The maximum absolute atomic E-state index is 13.2. The van der Waals surface area contributed by atoms with Gasteiger partial charge in [-0.15, -0.1) is 11.3 Å². The standard InChI is InChI=1S/C23H21FN4O3S/c1-14-10-21(28(27-14)18-7-5-16(24)6-8-18)26-22(29)12-17-13-32-23(25-17)15-4-9-19(30-2)20(11-15)31-3/h4-11,13H,12H2,1-3H3,(H,26,29). The third kappa shape index (κ3) is 4.62. The summed E-state index contributed by atoms with van der Waals surface area (Å²) < 4.78 is 25.4. The molecule has 0 unspecified atom stereocenters. The van der Waals surface area contributed by atoms with Crippen molar-refractivity contribution in [1.82, 2.24) is 14.8 Å². The Kier molecular flexibility index (Phi) is 6.18.